The molecule has 0 aromatic heterocycles. The Labute approximate surface area is 198 Å². The lowest BCUT2D eigenvalue weighted by molar-refractivity contribution is -0.274. The average Bonchev–Trinajstić information content (AvgIpc) is 2.76. The van der Waals surface area contributed by atoms with Gasteiger partial charge in [-0.2, -0.15) is 0 Å². The minimum absolute atomic E-state index is 0.144. The van der Waals surface area contributed by atoms with E-state index in [1.165, 1.54) is 12.1 Å². The first kappa shape index (κ1) is 27.0. The van der Waals surface area contributed by atoms with Crippen LogP contribution in [0.25, 0.3) is 11.1 Å². The maximum absolute atomic E-state index is 12.6. The normalized spacial score (nSPS) is 12.8. The predicted molar refractivity (Wildman–Crippen MR) is 128 cm³/mol. The van der Waals surface area contributed by atoms with E-state index in [0.717, 1.165) is 34.9 Å². The van der Waals surface area contributed by atoms with Gasteiger partial charge in [0.1, 0.15) is 5.75 Å². The van der Waals surface area contributed by atoms with Gasteiger partial charge in [-0.05, 0) is 73.7 Å². The third kappa shape index (κ3) is 6.87. The van der Waals surface area contributed by atoms with Crippen molar-refractivity contribution in [3.63, 3.8) is 0 Å². The van der Waals surface area contributed by atoms with Gasteiger partial charge in [-0.15, -0.1) is 13.2 Å². The fourth-order valence-corrected chi connectivity index (χ4v) is 3.79. The van der Waals surface area contributed by atoms with Gasteiger partial charge in [-0.1, -0.05) is 31.2 Å². The quantitative estimate of drug-likeness (QED) is 0.425. The highest BCUT2D eigenvalue weighted by atomic mass is 19.4. The van der Waals surface area contributed by atoms with Crippen molar-refractivity contribution in [1.82, 2.24) is 5.32 Å². The molecule has 0 aliphatic heterocycles. The van der Waals surface area contributed by atoms with Crippen LogP contribution >= 0.6 is 0 Å². The summed E-state index contributed by atoms with van der Waals surface area (Å²) in [7, 11) is 1.88. The number of anilines is 1. The molecule has 2 rings (SSSR count). The van der Waals surface area contributed by atoms with Crippen LogP contribution in [-0.4, -0.2) is 24.4 Å². The van der Waals surface area contributed by atoms with E-state index in [2.05, 4.69) is 16.6 Å². The van der Waals surface area contributed by atoms with Crippen LogP contribution in [0.15, 0.2) is 54.8 Å². The Hall–Kier alpha value is -3.26. The third-order valence-electron chi connectivity index (χ3n) is 5.46. The van der Waals surface area contributed by atoms with E-state index in [1.54, 1.807) is 19.1 Å². The summed E-state index contributed by atoms with van der Waals surface area (Å²) in [6.07, 6.45) is -1.62. The number of aliphatic hydroxyl groups excluding tert-OH is 1. The molecule has 0 saturated carbocycles. The number of allylic oxidation sites excluding steroid dienone is 1. The van der Waals surface area contributed by atoms with Crippen molar-refractivity contribution in [2.75, 3.05) is 11.9 Å². The number of hydrogen-bond acceptors (Lipinski definition) is 4. The molecule has 0 radical (unpaired) electrons. The summed E-state index contributed by atoms with van der Waals surface area (Å²) in [5.74, 6) is -0.671. The summed E-state index contributed by atoms with van der Waals surface area (Å²) in [6, 6.07) is 7.46. The second kappa shape index (κ2) is 11.2. The van der Waals surface area contributed by atoms with Gasteiger partial charge in [-0.25, -0.2) is 0 Å². The highest BCUT2D eigenvalue weighted by Gasteiger charge is 2.31. The summed E-state index contributed by atoms with van der Waals surface area (Å²) >= 11 is 0. The second-order valence-electron chi connectivity index (χ2n) is 8.08. The summed E-state index contributed by atoms with van der Waals surface area (Å²) in [4.78, 5) is 13.8. The van der Waals surface area contributed by atoms with Gasteiger partial charge in [0, 0.05) is 25.4 Å². The highest BCUT2D eigenvalue weighted by Crippen LogP contribution is 2.40. The van der Waals surface area contributed by atoms with Crippen molar-refractivity contribution in [3.05, 3.63) is 71.5 Å². The van der Waals surface area contributed by atoms with Crippen LogP contribution in [-0.2, 0) is 11.3 Å². The number of nitrogens with one attached hydrogen (secondary N) is 1. The molecule has 1 unspecified atom stereocenters. The Balaban J connectivity index is 2.71. The van der Waals surface area contributed by atoms with E-state index in [0.29, 0.717) is 16.7 Å². The van der Waals surface area contributed by atoms with Gasteiger partial charge < -0.3 is 20.1 Å². The van der Waals surface area contributed by atoms with E-state index in [9.17, 15) is 23.1 Å². The van der Waals surface area contributed by atoms with Gasteiger partial charge in [0.15, 0.2) is 0 Å². The number of aliphatic hydroxyl groups is 1. The Bertz CT molecular complexity index is 1060. The molecule has 2 aromatic rings. The number of amides is 1. The van der Waals surface area contributed by atoms with Crippen LogP contribution in [0.3, 0.4) is 0 Å². The first-order chi connectivity index (χ1) is 15.9. The van der Waals surface area contributed by atoms with Crippen molar-refractivity contribution in [2.45, 2.75) is 53.1 Å². The first-order valence-corrected chi connectivity index (χ1v) is 10.9. The van der Waals surface area contributed by atoms with E-state index >= 15 is 0 Å². The van der Waals surface area contributed by atoms with Gasteiger partial charge >= 0.3 is 6.36 Å². The minimum Gasteiger partial charge on any atom is -0.406 e. The maximum atomic E-state index is 12.6. The summed E-state index contributed by atoms with van der Waals surface area (Å²) in [6.45, 7) is 11.2. The van der Waals surface area contributed by atoms with Crippen molar-refractivity contribution < 1.29 is 27.8 Å². The molecule has 0 aliphatic carbocycles. The molecule has 1 amide bonds. The molecule has 1 atom stereocenters. The van der Waals surface area contributed by atoms with Crippen molar-refractivity contribution >= 4 is 11.6 Å². The summed E-state index contributed by atoms with van der Waals surface area (Å²) in [5.41, 5.74) is 5.50. The van der Waals surface area contributed by atoms with E-state index in [-0.39, 0.29) is 18.2 Å². The Morgan fingerprint density at radius 1 is 1.29 bits per heavy atom. The number of benzene rings is 2. The molecule has 8 heteroatoms. The van der Waals surface area contributed by atoms with Crippen molar-refractivity contribution in [3.8, 4) is 16.9 Å². The van der Waals surface area contributed by atoms with Crippen molar-refractivity contribution in [2.24, 2.45) is 0 Å². The largest absolute Gasteiger partial charge is 0.573 e. The van der Waals surface area contributed by atoms with Crippen LogP contribution in [0.1, 0.15) is 50.0 Å². The smallest absolute Gasteiger partial charge is 0.406 e. The Kier molecular flexibility index (Phi) is 8.93. The first-order valence-electron chi connectivity index (χ1n) is 10.9. The van der Waals surface area contributed by atoms with Crippen LogP contribution in [0.4, 0.5) is 18.9 Å². The average molecular weight is 477 g/mol. The van der Waals surface area contributed by atoms with Crippen molar-refractivity contribution in [1.29, 1.82) is 0 Å². The number of carbonyl (C=O) groups is 1. The number of rotatable bonds is 9. The van der Waals surface area contributed by atoms with Crippen LogP contribution in [0, 0.1) is 6.92 Å². The van der Waals surface area contributed by atoms with Gasteiger partial charge in [0.2, 0.25) is 5.91 Å². The lowest BCUT2D eigenvalue weighted by atomic mass is 9.89. The van der Waals surface area contributed by atoms with Crippen LogP contribution in [0.2, 0.25) is 0 Å². The fourth-order valence-electron chi connectivity index (χ4n) is 3.79. The molecule has 5 nitrogen and oxygen atoms in total. The number of hydrogen-bond donors (Lipinski definition) is 2. The second-order valence-corrected chi connectivity index (χ2v) is 8.08. The number of halogens is 3. The summed E-state index contributed by atoms with van der Waals surface area (Å²) in [5, 5.41) is 13.4. The van der Waals surface area contributed by atoms with E-state index in [4.69, 9.17) is 0 Å². The molecule has 0 heterocycles. The minimum atomic E-state index is -4.77. The molecule has 0 spiro atoms. The Morgan fingerprint density at radius 2 is 1.91 bits per heavy atom. The van der Waals surface area contributed by atoms with Gasteiger partial charge in [0.05, 0.1) is 11.8 Å². The van der Waals surface area contributed by atoms with Crippen LogP contribution < -0.4 is 15.0 Å². The van der Waals surface area contributed by atoms with Gasteiger partial charge in [0.25, 0.3) is 0 Å². The molecule has 0 aliphatic rings. The highest BCUT2D eigenvalue weighted by molar-refractivity contribution is 5.87. The topological polar surface area (TPSA) is 61.8 Å². The number of carbonyl (C=O) groups excluding carboxylic acids is 1. The maximum Gasteiger partial charge on any atom is 0.573 e. The molecular weight excluding hydrogens is 445 g/mol. The molecule has 2 aromatic carbocycles. The third-order valence-corrected chi connectivity index (χ3v) is 5.46. The molecule has 0 saturated heterocycles. The lowest BCUT2D eigenvalue weighted by Gasteiger charge is -2.28. The summed E-state index contributed by atoms with van der Waals surface area (Å²) < 4.78 is 41.7. The monoisotopic (exact) mass is 476 g/mol. The Morgan fingerprint density at radius 3 is 2.41 bits per heavy atom. The fraction of sp³-hybridized carbons (Fsp3) is 0.346. The molecule has 0 fully saturated rings. The van der Waals surface area contributed by atoms with Gasteiger partial charge in [-0.3, -0.25) is 4.79 Å². The number of alkyl halides is 3. The zero-order valence-electron chi connectivity index (χ0n) is 20.1. The van der Waals surface area contributed by atoms with E-state index in [1.807, 2.05) is 45.0 Å². The SMILES string of the molecule is C=CC(=O)NCc1cc(-c2ccc(OC(F)(F)F)cc2)c(C)c(N(C)/C=C(\C)CC)c1C(C)O. The predicted octanol–water partition coefficient (Wildman–Crippen LogP) is 6.17. The van der Waals surface area contributed by atoms with Crippen LogP contribution in [0.5, 0.6) is 5.75 Å². The zero-order valence-corrected chi connectivity index (χ0v) is 20.1. The standard InChI is InChI=1S/C26H31F3N2O3/c1-7-16(3)15-31(6)25-17(4)22(19-9-11-21(12-10-19)34-26(27,28)29)13-20(24(25)18(5)32)14-30-23(33)8-2/h8-13,15,18,32H,2,7,14H2,1,3-6H3,(H,30,33)/b16-15+. The molecule has 0 bridgehead atoms. The van der Waals surface area contributed by atoms with E-state index < -0.39 is 12.5 Å². The lowest BCUT2D eigenvalue weighted by Crippen LogP contribution is -2.23. The molecule has 34 heavy (non-hydrogen) atoms. The molecular formula is C26H31F3N2O3. The number of ether oxygens (including phenoxy) is 1. The number of nitrogens with zero attached hydrogens (tertiary/aromatic N) is 1. The zero-order chi connectivity index (χ0) is 25.6. The molecule has 2 N–H and O–H groups in total. The molecule has 184 valence electrons.